The first kappa shape index (κ1) is 16.2. The SMILES string of the molecule is CCC(C)N(C(=O)c1ccc(F)c(Br)c1)C(C)CC. The molecule has 2 atom stereocenters. The van der Waals surface area contributed by atoms with Crippen molar-refractivity contribution >= 4 is 21.8 Å². The molecule has 0 saturated carbocycles. The maximum Gasteiger partial charge on any atom is 0.254 e. The molecule has 0 N–H and O–H groups in total. The Morgan fingerprint density at radius 3 is 2.21 bits per heavy atom. The van der Waals surface area contributed by atoms with Gasteiger partial charge in [-0.2, -0.15) is 0 Å². The van der Waals surface area contributed by atoms with Crippen LogP contribution in [0.5, 0.6) is 0 Å². The molecule has 0 heterocycles. The Bertz CT molecular complexity index is 440. The van der Waals surface area contributed by atoms with E-state index in [0.29, 0.717) is 10.0 Å². The highest BCUT2D eigenvalue weighted by molar-refractivity contribution is 9.10. The molecule has 2 unspecified atom stereocenters. The van der Waals surface area contributed by atoms with Crippen LogP contribution in [0, 0.1) is 5.82 Å². The first-order valence-corrected chi connectivity index (χ1v) is 7.49. The molecule has 19 heavy (non-hydrogen) atoms. The molecule has 0 aromatic heterocycles. The monoisotopic (exact) mass is 329 g/mol. The van der Waals surface area contributed by atoms with Gasteiger partial charge < -0.3 is 4.90 Å². The Labute approximate surface area is 123 Å². The highest BCUT2D eigenvalue weighted by Gasteiger charge is 2.24. The highest BCUT2D eigenvalue weighted by Crippen LogP contribution is 2.21. The summed E-state index contributed by atoms with van der Waals surface area (Å²) in [7, 11) is 0. The molecule has 0 aliphatic rings. The van der Waals surface area contributed by atoms with Gasteiger partial charge in [0, 0.05) is 17.6 Å². The Hall–Kier alpha value is -0.900. The maximum absolute atomic E-state index is 13.2. The minimum Gasteiger partial charge on any atom is -0.333 e. The lowest BCUT2D eigenvalue weighted by atomic mass is 10.1. The van der Waals surface area contributed by atoms with Crippen LogP contribution in [0.1, 0.15) is 50.9 Å². The minimum absolute atomic E-state index is 0.0376. The van der Waals surface area contributed by atoms with Crippen molar-refractivity contribution in [3.05, 3.63) is 34.1 Å². The zero-order chi connectivity index (χ0) is 14.6. The smallest absolute Gasteiger partial charge is 0.254 e. The number of carbonyl (C=O) groups excluding carboxylic acids is 1. The van der Waals surface area contributed by atoms with E-state index in [9.17, 15) is 9.18 Å². The number of nitrogens with zero attached hydrogens (tertiary/aromatic N) is 1. The third kappa shape index (κ3) is 3.78. The summed E-state index contributed by atoms with van der Waals surface area (Å²) in [5.74, 6) is -0.389. The van der Waals surface area contributed by atoms with Crippen molar-refractivity contribution in [3.8, 4) is 0 Å². The Morgan fingerprint density at radius 2 is 1.79 bits per heavy atom. The van der Waals surface area contributed by atoms with Gasteiger partial charge in [-0.05, 0) is 60.8 Å². The highest BCUT2D eigenvalue weighted by atomic mass is 79.9. The summed E-state index contributed by atoms with van der Waals surface area (Å²) in [6.07, 6.45) is 1.80. The normalized spacial score (nSPS) is 14.0. The van der Waals surface area contributed by atoms with Gasteiger partial charge in [-0.25, -0.2) is 4.39 Å². The van der Waals surface area contributed by atoms with Crippen molar-refractivity contribution in [2.45, 2.75) is 52.6 Å². The second-order valence-electron chi connectivity index (χ2n) is 4.86. The zero-order valence-corrected chi connectivity index (χ0v) is 13.5. The Morgan fingerprint density at radius 1 is 1.26 bits per heavy atom. The largest absolute Gasteiger partial charge is 0.333 e. The number of hydrogen-bond acceptors (Lipinski definition) is 1. The molecule has 0 fully saturated rings. The molecule has 106 valence electrons. The average molecular weight is 330 g/mol. The molecule has 1 amide bonds. The van der Waals surface area contributed by atoms with Gasteiger partial charge in [-0.3, -0.25) is 4.79 Å². The predicted molar refractivity (Wildman–Crippen MR) is 79.8 cm³/mol. The van der Waals surface area contributed by atoms with Crippen LogP contribution in [0.4, 0.5) is 4.39 Å². The number of carbonyl (C=O) groups is 1. The number of amides is 1. The van der Waals surface area contributed by atoms with Gasteiger partial charge in [-0.15, -0.1) is 0 Å². The molecule has 1 aromatic carbocycles. The summed E-state index contributed by atoms with van der Waals surface area (Å²) in [6.45, 7) is 8.22. The molecule has 0 radical (unpaired) electrons. The molecule has 1 rings (SSSR count). The van der Waals surface area contributed by atoms with Crippen LogP contribution in [0.15, 0.2) is 22.7 Å². The van der Waals surface area contributed by atoms with E-state index in [-0.39, 0.29) is 23.8 Å². The summed E-state index contributed by atoms with van der Waals surface area (Å²) in [5, 5.41) is 0. The van der Waals surface area contributed by atoms with Crippen LogP contribution in [0.3, 0.4) is 0 Å². The van der Waals surface area contributed by atoms with Gasteiger partial charge in [0.25, 0.3) is 5.91 Å². The standard InChI is InChI=1S/C15H21BrFNO/c1-5-10(3)18(11(4)6-2)15(19)12-7-8-14(17)13(16)9-12/h7-11H,5-6H2,1-4H3. The summed E-state index contributed by atoms with van der Waals surface area (Å²) < 4.78 is 13.6. The quantitative estimate of drug-likeness (QED) is 0.771. The van der Waals surface area contributed by atoms with Crippen LogP contribution in [-0.4, -0.2) is 22.9 Å². The topological polar surface area (TPSA) is 20.3 Å². The van der Waals surface area contributed by atoms with E-state index in [0.717, 1.165) is 12.8 Å². The summed E-state index contributed by atoms with van der Waals surface area (Å²) >= 11 is 3.13. The molecule has 0 aliphatic heterocycles. The fourth-order valence-corrected chi connectivity index (χ4v) is 2.39. The summed E-state index contributed by atoms with van der Waals surface area (Å²) in [5.41, 5.74) is 0.522. The van der Waals surface area contributed by atoms with E-state index in [1.54, 1.807) is 12.1 Å². The van der Waals surface area contributed by atoms with Gasteiger partial charge in [0.15, 0.2) is 0 Å². The molecule has 2 nitrogen and oxygen atoms in total. The first-order chi connectivity index (χ1) is 8.92. The molecule has 4 heteroatoms. The lowest BCUT2D eigenvalue weighted by Gasteiger charge is -2.34. The molecular weight excluding hydrogens is 309 g/mol. The molecule has 0 aliphatic carbocycles. The lowest BCUT2D eigenvalue weighted by Crippen LogP contribution is -2.44. The van der Waals surface area contributed by atoms with Gasteiger partial charge >= 0.3 is 0 Å². The number of hydrogen-bond donors (Lipinski definition) is 0. The van der Waals surface area contributed by atoms with E-state index in [1.807, 2.05) is 18.7 Å². The van der Waals surface area contributed by atoms with Crippen molar-refractivity contribution < 1.29 is 9.18 Å². The van der Waals surface area contributed by atoms with E-state index < -0.39 is 0 Å². The molecular formula is C15H21BrFNO. The lowest BCUT2D eigenvalue weighted by molar-refractivity contribution is 0.0598. The van der Waals surface area contributed by atoms with Crippen molar-refractivity contribution in [2.75, 3.05) is 0 Å². The fraction of sp³-hybridized carbons (Fsp3) is 0.533. The van der Waals surface area contributed by atoms with Gasteiger partial charge in [-0.1, -0.05) is 13.8 Å². The fourth-order valence-electron chi connectivity index (χ4n) is 2.01. The Balaban J connectivity index is 3.08. The third-order valence-corrected chi connectivity index (χ3v) is 4.14. The molecule has 0 bridgehead atoms. The van der Waals surface area contributed by atoms with Crippen molar-refractivity contribution in [1.29, 1.82) is 0 Å². The number of benzene rings is 1. The molecule has 1 aromatic rings. The second kappa shape index (κ2) is 7.04. The van der Waals surface area contributed by atoms with Crippen molar-refractivity contribution in [1.82, 2.24) is 4.90 Å². The number of rotatable bonds is 5. The second-order valence-corrected chi connectivity index (χ2v) is 5.71. The number of halogens is 2. The third-order valence-electron chi connectivity index (χ3n) is 3.53. The van der Waals surface area contributed by atoms with E-state index in [2.05, 4.69) is 29.8 Å². The van der Waals surface area contributed by atoms with Crippen LogP contribution < -0.4 is 0 Å². The van der Waals surface area contributed by atoms with Crippen LogP contribution in [-0.2, 0) is 0 Å². The molecule has 0 spiro atoms. The Kier molecular flexibility index (Phi) is 5.98. The van der Waals surface area contributed by atoms with E-state index >= 15 is 0 Å². The van der Waals surface area contributed by atoms with Crippen LogP contribution >= 0.6 is 15.9 Å². The van der Waals surface area contributed by atoms with Crippen molar-refractivity contribution in [2.24, 2.45) is 0 Å². The van der Waals surface area contributed by atoms with Crippen LogP contribution in [0.25, 0.3) is 0 Å². The average Bonchev–Trinajstić information content (AvgIpc) is 2.41. The van der Waals surface area contributed by atoms with Gasteiger partial charge in [0.05, 0.1) is 4.47 Å². The minimum atomic E-state index is -0.352. The zero-order valence-electron chi connectivity index (χ0n) is 11.9. The maximum atomic E-state index is 13.2. The van der Waals surface area contributed by atoms with E-state index in [4.69, 9.17) is 0 Å². The van der Waals surface area contributed by atoms with E-state index in [1.165, 1.54) is 6.07 Å². The summed E-state index contributed by atoms with van der Waals surface area (Å²) in [4.78, 5) is 14.5. The van der Waals surface area contributed by atoms with Crippen molar-refractivity contribution in [3.63, 3.8) is 0 Å². The first-order valence-electron chi connectivity index (χ1n) is 6.70. The van der Waals surface area contributed by atoms with Gasteiger partial charge in [0.2, 0.25) is 0 Å². The summed E-state index contributed by atoms with van der Waals surface area (Å²) in [6, 6.07) is 4.76. The molecule has 0 saturated heterocycles. The van der Waals surface area contributed by atoms with Crippen LogP contribution in [0.2, 0.25) is 0 Å². The predicted octanol–water partition coefficient (Wildman–Crippen LogP) is 4.63. The van der Waals surface area contributed by atoms with Gasteiger partial charge in [0.1, 0.15) is 5.82 Å².